The highest BCUT2D eigenvalue weighted by molar-refractivity contribution is 7.92. The van der Waals surface area contributed by atoms with Gasteiger partial charge >= 0.3 is 0 Å². The van der Waals surface area contributed by atoms with E-state index in [0.717, 1.165) is 51.1 Å². The molecule has 1 amide bonds. The zero-order valence-corrected chi connectivity index (χ0v) is 24.0. The maximum Gasteiger partial charge on any atom is 0.225 e. The number of aliphatic hydroxyl groups is 1. The number of carbonyl (C=O) groups is 1. The molecule has 35 heavy (non-hydrogen) atoms. The van der Waals surface area contributed by atoms with Crippen LogP contribution in [0.25, 0.3) is 0 Å². The second kappa shape index (κ2) is 9.37. The number of amides is 1. The SMILES string of the molecule is C[C@H](C(=O)N1CCN(C)CC1)C1CC[C@@]2(C)Cc3sc(CS(=O)(=O)C(C)(C)C)nc3[C@@H](C)[C@@H]2[C@H]1O. The van der Waals surface area contributed by atoms with Gasteiger partial charge in [-0.2, -0.15) is 0 Å². The number of fused-ring (bicyclic) bond motifs is 2. The molecule has 0 radical (unpaired) electrons. The Bertz CT molecular complexity index is 1060. The lowest BCUT2D eigenvalue weighted by atomic mass is 9.53. The molecule has 1 aromatic rings. The van der Waals surface area contributed by atoms with Crippen LogP contribution in [0.5, 0.6) is 0 Å². The van der Waals surface area contributed by atoms with E-state index >= 15 is 0 Å². The molecule has 0 bridgehead atoms. The summed E-state index contributed by atoms with van der Waals surface area (Å²) in [4.78, 5) is 23.5. The van der Waals surface area contributed by atoms with Crippen LogP contribution in [0.3, 0.4) is 0 Å². The summed E-state index contributed by atoms with van der Waals surface area (Å²) in [6.45, 7) is 14.9. The van der Waals surface area contributed by atoms with Crippen LogP contribution in [0.15, 0.2) is 0 Å². The van der Waals surface area contributed by atoms with Gasteiger partial charge in [0.1, 0.15) is 10.8 Å². The van der Waals surface area contributed by atoms with Gasteiger partial charge in [0.25, 0.3) is 0 Å². The molecule has 1 aromatic heterocycles. The van der Waals surface area contributed by atoms with Crippen LogP contribution < -0.4 is 0 Å². The van der Waals surface area contributed by atoms with Gasteiger partial charge in [0, 0.05) is 42.9 Å². The van der Waals surface area contributed by atoms with Gasteiger partial charge in [0.2, 0.25) is 5.91 Å². The number of aromatic nitrogens is 1. The second-order valence-corrected chi connectivity index (χ2v) is 16.5. The van der Waals surface area contributed by atoms with Crippen molar-refractivity contribution in [1.29, 1.82) is 0 Å². The Balaban J connectivity index is 1.54. The normalized spacial score (nSPS) is 33.2. The molecule has 2 aliphatic carbocycles. The number of carbonyl (C=O) groups excluding carboxylic acids is 1. The quantitative estimate of drug-likeness (QED) is 0.649. The van der Waals surface area contributed by atoms with Gasteiger partial charge < -0.3 is 14.9 Å². The summed E-state index contributed by atoms with van der Waals surface area (Å²) in [5.41, 5.74) is 0.875. The van der Waals surface area contributed by atoms with E-state index in [1.54, 1.807) is 20.8 Å². The number of hydrogen-bond donors (Lipinski definition) is 1. The molecule has 1 saturated carbocycles. The Labute approximate surface area is 215 Å². The Morgan fingerprint density at radius 3 is 2.49 bits per heavy atom. The molecule has 1 saturated heterocycles. The minimum atomic E-state index is -3.31. The summed E-state index contributed by atoms with van der Waals surface area (Å²) >= 11 is 1.53. The molecule has 0 spiro atoms. The molecule has 1 N–H and O–H groups in total. The predicted molar refractivity (Wildman–Crippen MR) is 140 cm³/mol. The van der Waals surface area contributed by atoms with Crippen molar-refractivity contribution in [3.05, 3.63) is 15.6 Å². The van der Waals surface area contributed by atoms with E-state index in [2.05, 4.69) is 25.8 Å². The average molecular weight is 526 g/mol. The monoisotopic (exact) mass is 525 g/mol. The van der Waals surface area contributed by atoms with Crippen LogP contribution in [0, 0.1) is 23.2 Å². The summed E-state index contributed by atoms with van der Waals surface area (Å²) in [5, 5.41) is 12.3. The lowest BCUT2D eigenvalue weighted by Crippen LogP contribution is -2.55. The lowest BCUT2D eigenvalue weighted by molar-refractivity contribution is -0.146. The molecule has 6 atom stereocenters. The fourth-order valence-corrected chi connectivity index (χ4v) is 9.23. The Hall–Kier alpha value is -1.03. The standard InChI is InChI=1S/C26H43N3O4S2/c1-16(24(31)29-12-10-28(7)11-13-29)18-8-9-26(6)14-19-22(17(2)21(26)23(18)30)27-20(34-19)15-35(32,33)25(3,4)5/h16-18,21,23,30H,8-15H2,1-7H3/t16-,17-,18?,21+,23-,26-/m0/s1. The molecular formula is C26H43N3O4S2. The summed E-state index contributed by atoms with van der Waals surface area (Å²) < 4.78 is 24.8. The Morgan fingerprint density at radius 1 is 1.26 bits per heavy atom. The summed E-state index contributed by atoms with van der Waals surface area (Å²) in [6.07, 6.45) is 2.03. The fraction of sp³-hybridized carbons (Fsp3) is 0.846. The largest absolute Gasteiger partial charge is 0.392 e. The zero-order valence-electron chi connectivity index (χ0n) is 22.4. The van der Waals surface area contributed by atoms with Crippen LogP contribution in [-0.4, -0.2) is 78.3 Å². The van der Waals surface area contributed by atoms with Gasteiger partial charge in [-0.1, -0.05) is 20.8 Å². The highest BCUT2D eigenvalue weighted by atomic mass is 32.2. The van der Waals surface area contributed by atoms with Crippen molar-refractivity contribution < 1.29 is 18.3 Å². The van der Waals surface area contributed by atoms with Crippen LogP contribution in [0.2, 0.25) is 0 Å². The fourth-order valence-electron chi connectivity index (χ4n) is 6.54. The minimum Gasteiger partial charge on any atom is -0.392 e. The van der Waals surface area contributed by atoms with Crippen molar-refractivity contribution in [3.63, 3.8) is 0 Å². The number of nitrogens with zero attached hydrogens (tertiary/aromatic N) is 3. The molecule has 198 valence electrons. The third-order valence-corrected chi connectivity index (χ3v) is 12.8. The van der Waals surface area contributed by atoms with Crippen molar-refractivity contribution in [3.8, 4) is 0 Å². The van der Waals surface area contributed by atoms with Crippen molar-refractivity contribution in [2.24, 2.45) is 23.2 Å². The number of likely N-dealkylation sites (N-methyl/N-ethyl adjacent to an activating group) is 1. The third kappa shape index (κ3) is 4.94. The molecular weight excluding hydrogens is 482 g/mol. The minimum absolute atomic E-state index is 0.00524. The van der Waals surface area contributed by atoms with Crippen LogP contribution in [0.1, 0.15) is 75.9 Å². The number of rotatable bonds is 4. The van der Waals surface area contributed by atoms with Gasteiger partial charge in [0.15, 0.2) is 9.84 Å². The number of piperazine rings is 1. The second-order valence-electron chi connectivity index (χ2n) is 12.5. The van der Waals surface area contributed by atoms with E-state index in [9.17, 15) is 18.3 Å². The van der Waals surface area contributed by atoms with Gasteiger partial charge in [-0.25, -0.2) is 13.4 Å². The number of thiazole rings is 1. The van der Waals surface area contributed by atoms with E-state index in [4.69, 9.17) is 4.98 Å². The Morgan fingerprint density at radius 2 is 1.89 bits per heavy atom. The molecule has 1 unspecified atom stereocenters. The van der Waals surface area contributed by atoms with Crippen molar-refractivity contribution in [2.45, 2.75) is 83.3 Å². The molecule has 2 fully saturated rings. The van der Waals surface area contributed by atoms with Crippen LogP contribution in [0.4, 0.5) is 0 Å². The van der Waals surface area contributed by atoms with Crippen LogP contribution in [-0.2, 0) is 26.8 Å². The number of sulfone groups is 1. The van der Waals surface area contributed by atoms with Crippen LogP contribution >= 0.6 is 11.3 Å². The third-order valence-electron chi connectivity index (χ3n) is 9.06. The first-order valence-corrected chi connectivity index (χ1v) is 15.5. The topological polar surface area (TPSA) is 90.8 Å². The molecule has 3 aliphatic rings. The first-order chi connectivity index (χ1) is 16.1. The van der Waals surface area contributed by atoms with Gasteiger partial charge in [0.05, 0.1) is 16.5 Å². The summed E-state index contributed by atoms with van der Waals surface area (Å²) in [7, 11) is -1.23. The Kier molecular flexibility index (Phi) is 7.23. The highest BCUT2D eigenvalue weighted by Crippen LogP contribution is 2.57. The van der Waals surface area contributed by atoms with E-state index < -0.39 is 20.7 Å². The summed E-state index contributed by atoms with van der Waals surface area (Å²) in [6, 6.07) is 0. The average Bonchev–Trinajstić information content (AvgIpc) is 3.13. The number of aliphatic hydroxyl groups excluding tert-OH is 1. The molecule has 9 heteroatoms. The van der Waals surface area contributed by atoms with Gasteiger partial charge in [-0.15, -0.1) is 11.3 Å². The lowest BCUT2D eigenvalue weighted by Gasteiger charge is -2.53. The predicted octanol–water partition coefficient (Wildman–Crippen LogP) is 3.32. The summed E-state index contributed by atoms with van der Waals surface area (Å²) in [5.74, 6) is -0.124. The maximum atomic E-state index is 13.3. The zero-order chi connectivity index (χ0) is 25.9. The first kappa shape index (κ1) is 27.0. The highest BCUT2D eigenvalue weighted by Gasteiger charge is 2.54. The van der Waals surface area contributed by atoms with E-state index in [1.165, 1.54) is 16.2 Å². The van der Waals surface area contributed by atoms with E-state index in [-0.39, 0.29) is 40.7 Å². The molecule has 7 nitrogen and oxygen atoms in total. The first-order valence-electron chi connectivity index (χ1n) is 13.0. The number of hydrogen-bond acceptors (Lipinski definition) is 7. The van der Waals surface area contributed by atoms with Crippen molar-refractivity contribution in [1.82, 2.24) is 14.8 Å². The molecule has 2 heterocycles. The van der Waals surface area contributed by atoms with Gasteiger partial charge in [-0.05, 0) is 64.3 Å². The van der Waals surface area contributed by atoms with E-state index in [1.807, 2.05) is 11.8 Å². The smallest absolute Gasteiger partial charge is 0.225 e. The molecule has 4 rings (SSSR count). The van der Waals surface area contributed by atoms with Gasteiger partial charge in [-0.3, -0.25) is 4.79 Å². The van der Waals surface area contributed by atoms with E-state index in [0.29, 0.717) is 5.01 Å². The maximum absolute atomic E-state index is 13.3. The van der Waals surface area contributed by atoms with Crippen molar-refractivity contribution >= 4 is 27.1 Å². The van der Waals surface area contributed by atoms with Crippen molar-refractivity contribution in [2.75, 3.05) is 33.2 Å². The molecule has 1 aliphatic heterocycles. The molecule has 0 aromatic carbocycles.